The lowest BCUT2D eigenvalue weighted by Gasteiger charge is -2.44. The van der Waals surface area contributed by atoms with Gasteiger partial charge in [0, 0.05) is 24.3 Å². The van der Waals surface area contributed by atoms with Crippen LogP contribution < -0.4 is 4.74 Å². The first kappa shape index (κ1) is 27.8. The fourth-order valence-electron chi connectivity index (χ4n) is 5.93. The van der Waals surface area contributed by atoms with E-state index in [0.29, 0.717) is 17.3 Å². The minimum absolute atomic E-state index is 0.117. The summed E-state index contributed by atoms with van der Waals surface area (Å²) < 4.78 is 76.8. The molecule has 1 aromatic heterocycles. The Morgan fingerprint density at radius 2 is 1.87 bits per heavy atom. The van der Waals surface area contributed by atoms with Crippen molar-refractivity contribution in [3.8, 4) is 5.88 Å². The number of hydrogen-bond acceptors (Lipinski definition) is 5. The maximum absolute atomic E-state index is 14.3. The van der Waals surface area contributed by atoms with Crippen molar-refractivity contribution < 1.29 is 26.3 Å². The van der Waals surface area contributed by atoms with Crippen LogP contribution in [0.1, 0.15) is 52.0 Å². The maximum Gasteiger partial charge on any atom is 0.394 e. The molecule has 1 aromatic carbocycles. The monoisotopic (exact) mass is 564 g/mol. The van der Waals surface area contributed by atoms with E-state index >= 15 is 0 Å². The molecule has 7 nitrogen and oxygen atoms in total. The molecule has 0 spiro atoms. The van der Waals surface area contributed by atoms with Gasteiger partial charge in [-0.15, -0.1) is 5.10 Å². The van der Waals surface area contributed by atoms with E-state index in [0.717, 1.165) is 13.0 Å². The van der Waals surface area contributed by atoms with Crippen molar-refractivity contribution >= 4 is 15.8 Å². The SMILES string of the molecule is Cc1ccccc1S(=O)(=O)N1C(n2ccc(OCCC3(C(F)(F)F)CC3)n2)=CC=CC1N1C[C@@H](C)CC1(C)C. The number of rotatable bonds is 8. The maximum atomic E-state index is 14.3. The highest BCUT2D eigenvalue weighted by atomic mass is 32.2. The molecule has 3 heterocycles. The van der Waals surface area contributed by atoms with Crippen molar-refractivity contribution in [3.05, 3.63) is 60.3 Å². The van der Waals surface area contributed by atoms with E-state index in [-0.39, 0.29) is 42.2 Å². The van der Waals surface area contributed by atoms with Crippen LogP contribution in [0.2, 0.25) is 0 Å². The second-order valence-electron chi connectivity index (χ2n) is 11.6. The topological polar surface area (TPSA) is 67.7 Å². The molecule has 0 amide bonds. The van der Waals surface area contributed by atoms with Gasteiger partial charge < -0.3 is 4.74 Å². The Bertz CT molecular complexity index is 1390. The van der Waals surface area contributed by atoms with Crippen LogP contribution in [0.4, 0.5) is 13.2 Å². The first-order valence-electron chi connectivity index (χ1n) is 13.3. The van der Waals surface area contributed by atoms with Gasteiger partial charge in [-0.2, -0.15) is 13.2 Å². The lowest BCUT2D eigenvalue weighted by Crippen LogP contribution is -2.55. The smallest absolute Gasteiger partial charge is 0.394 e. The van der Waals surface area contributed by atoms with E-state index in [1.54, 1.807) is 49.5 Å². The summed E-state index contributed by atoms with van der Waals surface area (Å²) in [5, 5.41) is 4.41. The largest absolute Gasteiger partial charge is 0.477 e. The molecule has 39 heavy (non-hydrogen) atoms. The lowest BCUT2D eigenvalue weighted by atomic mass is 9.97. The highest BCUT2D eigenvalue weighted by Gasteiger charge is 2.62. The van der Waals surface area contributed by atoms with E-state index in [1.165, 1.54) is 8.99 Å². The Labute approximate surface area is 228 Å². The molecule has 0 N–H and O–H groups in total. The number of benzene rings is 1. The highest BCUT2D eigenvalue weighted by molar-refractivity contribution is 7.89. The second-order valence-corrected chi connectivity index (χ2v) is 13.4. The normalized spacial score (nSPS) is 24.6. The molecule has 1 saturated heterocycles. The average Bonchev–Trinajstić information content (AvgIpc) is 3.42. The van der Waals surface area contributed by atoms with E-state index in [9.17, 15) is 21.6 Å². The Morgan fingerprint density at radius 3 is 2.49 bits per heavy atom. The zero-order valence-corrected chi connectivity index (χ0v) is 23.5. The van der Waals surface area contributed by atoms with Gasteiger partial charge in [0.1, 0.15) is 12.0 Å². The van der Waals surface area contributed by atoms with Gasteiger partial charge in [0.25, 0.3) is 10.0 Å². The zero-order chi connectivity index (χ0) is 28.2. The summed E-state index contributed by atoms with van der Waals surface area (Å²) >= 11 is 0. The van der Waals surface area contributed by atoms with Gasteiger partial charge in [0.15, 0.2) is 0 Å². The first-order chi connectivity index (χ1) is 18.3. The summed E-state index contributed by atoms with van der Waals surface area (Å²) in [5.74, 6) is 0.843. The number of ether oxygens (including phenoxy) is 1. The molecule has 2 atom stereocenters. The molecule has 3 aliphatic rings. The molecular formula is C28H35F3N4O3S. The van der Waals surface area contributed by atoms with E-state index < -0.39 is 27.8 Å². The van der Waals surface area contributed by atoms with Crippen LogP contribution in [0, 0.1) is 18.3 Å². The third-order valence-electron chi connectivity index (χ3n) is 8.16. The van der Waals surface area contributed by atoms with Crippen LogP contribution in [0.5, 0.6) is 5.88 Å². The molecule has 2 aromatic rings. The number of nitrogens with zero attached hydrogens (tertiary/aromatic N) is 4. The molecule has 0 radical (unpaired) electrons. The van der Waals surface area contributed by atoms with Gasteiger partial charge in [-0.3, -0.25) is 4.90 Å². The zero-order valence-electron chi connectivity index (χ0n) is 22.6. The number of allylic oxidation sites excluding steroid dienone is 2. The Balaban J connectivity index is 1.46. The molecule has 212 valence electrons. The van der Waals surface area contributed by atoms with Crippen molar-refractivity contribution in [2.24, 2.45) is 11.3 Å². The highest BCUT2D eigenvalue weighted by Crippen LogP contribution is 2.59. The summed E-state index contributed by atoms with van der Waals surface area (Å²) in [6.07, 6.45) is 3.15. The van der Waals surface area contributed by atoms with E-state index in [2.05, 4.69) is 30.8 Å². The van der Waals surface area contributed by atoms with Crippen molar-refractivity contribution in [1.82, 2.24) is 19.0 Å². The molecule has 5 rings (SSSR count). The number of halogens is 3. The molecule has 2 fully saturated rings. The summed E-state index contributed by atoms with van der Waals surface area (Å²) in [7, 11) is -4.03. The minimum Gasteiger partial charge on any atom is -0.477 e. The summed E-state index contributed by atoms with van der Waals surface area (Å²) in [6, 6.07) is 8.41. The van der Waals surface area contributed by atoms with Crippen molar-refractivity contribution in [1.29, 1.82) is 0 Å². The number of alkyl halides is 3. The Morgan fingerprint density at radius 1 is 1.15 bits per heavy atom. The van der Waals surface area contributed by atoms with Crippen molar-refractivity contribution in [2.45, 2.75) is 76.2 Å². The number of likely N-dealkylation sites (tertiary alicyclic amines) is 1. The van der Waals surface area contributed by atoms with Crippen LogP contribution >= 0.6 is 0 Å². The van der Waals surface area contributed by atoms with Crippen LogP contribution in [-0.2, 0) is 10.0 Å². The van der Waals surface area contributed by atoms with Crippen molar-refractivity contribution in [3.63, 3.8) is 0 Å². The predicted octanol–water partition coefficient (Wildman–Crippen LogP) is 5.81. The molecule has 2 aliphatic heterocycles. The van der Waals surface area contributed by atoms with Crippen molar-refractivity contribution in [2.75, 3.05) is 13.2 Å². The number of sulfonamides is 1. The van der Waals surface area contributed by atoms with Gasteiger partial charge in [0.05, 0.1) is 16.9 Å². The summed E-state index contributed by atoms with van der Waals surface area (Å²) in [5.41, 5.74) is -1.27. The standard InChI is InChI=1S/C28H35F3N4O3S/c1-20-18-26(3,4)33(19-20)24-10-7-11-25(35(24)39(36,37)22-9-6-5-8-21(22)2)34-16-12-23(32-34)38-17-15-27(13-14-27)28(29,30)31/h5-12,16,20,24H,13-15,17-19H2,1-4H3/t20-,24?/m0/s1. The fourth-order valence-corrected chi connectivity index (χ4v) is 7.72. The molecule has 11 heteroatoms. The summed E-state index contributed by atoms with van der Waals surface area (Å²) in [6.45, 7) is 8.77. The van der Waals surface area contributed by atoms with Gasteiger partial charge in [-0.05, 0) is 76.2 Å². The second kappa shape index (κ2) is 9.69. The Hall–Kier alpha value is -2.79. The number of hydrogen-bond donors (Lipinski definition) is 0. The third kappa shape index (κ3) is 5.11. The van der Waals surface area contributed by atoms with Gasteiger partial charge in [0.2, 0.25) is 5.88 Å². The number of aryl methyl sites for hydroxylation is 1. The van der Waals surface area contributed by atoms with E-state index in [4.69, 9.17) is 4.74 Å². The fraction of sp³-hybridized carbons (Fsp3) is 0.536. The molecular weight excluding hydrogens is 529 g/mol. The molecule has 1 aliphatic carbocycles. The molecule has 1 unspecified atom stereocenters. The van der Waals surface area contributed by atoms with Gasteiger partial charge in [-0.1, -0.05) is 31.2 Å². The lowest BCUT2D eigenvalue weighted by molar-refractivity contribution is -0.190. The predicted molar refractivity (Wildman–Crippen MR) is 142 cm³/mol. The molecule has 1 saturated carbocycles. The van der Waals surface area contributed by atoms with Crippen LogP contribution in [0.25, 0.3) is 5.82 Å². The quantitative estimate of drug-likeness (QED) is 0.405. The first-order valence-corrected chi connectivity index (χ1v) is 14.7. The van der Waals surface area contributed by atoms with Gasteiger partial charge in [-0.25, -0.2) is 17.4 Å². The Kier molecular flexibility index (Phi) is 6.90. The van der Waals surface area contributed by atoms with Crippen LogP contribution in [0.3, 0.4) is 0 Å². The number of aromatic nitrogens is 2. The van der Waals surface area contributed by atoms with E-state index in [1.807, 2.05) is 12.2 Å². The van der Waals surface area contributed by atoms with Gasteiger partial charge >= 0.3 is 6.18 Å². The molecule has 0 bridgehead atoms. The van der Waals surface area contributed by atoms with Crippen LogP contribution in [0.15, 0.2) is 59.7 Å². The average molecular weight is 565 g/mol. The summed E-state index contributed by atoms with van der Waals surface area (Å²) in [4.78, 5) is 2.40. The van der Waals surface area contributed by atoms with Crippen LogP contribution in [-0.4, -0.2) is 58.4 Å². The third-order valence-corrected chi connectivity index (χ3v) is 10.1. The minimum atomic E-state index is -4.24.